The quantitative estimate of drug-likeness (QED) is 0.631. The highest BCUT2D eigenvalue weighted by Crippen LogP contribution is 2.17. The Balaban J connectivity index is 2.97. The number of nitro groups is 1. The first-order valence-electron chi connectivity index (χ1n) is 5.04. The maximum absolute atomic E-state index is 11.7. The molecule has 0 heterocycles. The maximum atomic E-state index is 11.7. The lowest BCUT2D eigenvalue weighted by Gasteiger charge is -2.08. The van der Waals surface area contributed by atoms with Crippen molar-refractivity contribution >= 4 is 11.6 Å². The van der Waals surface area contributed by atoms with E-state index < -0.39 is 16.9 Å². The molecule has 0 saturated heterocycles. The van der Waals surface area contributed by atoms with Gasteiger partial charge in [-0.3, -0.25) is 14.9 Å². The standard InChI is InChI=1S/C11H11N3O3/c1-2-8(7-12)13-11(15)9-5-3-4-6-10(9)14(16)17/h3-6,8H,2H2,1H3,(H,13,15). The first kappa shape index (κ1) is 12.6. The van der Waals surface area contributed by atoms with E-state index in [0.717, 1.165) is 0 Å². The summed E-state index contributed by atoms with van der Waals surface area (Å²) in [5, 5.41) is 21.8. The largest absolute Gasteiger partial charge is 0.336 e. The molecule has 1 rings (SSSR count). The van der Waals surface area contributed by atoms with E-state index in [2.05, 4.69) is 5.32 Å². The summed E-state index contributed by atoms with van der Waals surface area (Å²) >= 11 is 0. The second kappa shape index (κ2) is 5.61. The highest BCUT2D eigenvalue weighted by molar-refractivity contribution is 5.98. The first-order valence-corrected chi connectivity index (χ1v) is 5.04. The zero-order chi connectivity index (χ0) is 12.8. The Kier molecular flexibility index (Phi) is 4.17. The smallest absolute Gasteiger partial charge is 0.282 e. The number of carbonyl (C=O) groups is 1. The zero-order valence-electron chi connectivity index (χ0n) is 9.21. The molecule has 0 fully saturated rings. The maximum Gasteiger partial charge on any atom is 0.282 e. The van der Waals surface area contributed by atoms with Gasteiger partial charge in [-0.05, 0) is 12.5 Å². The minimum atomic E-state index is -0.637. The molecule has 0 aliphatic rings. The van der Waals surface area contributed by atoms with Gasteiger partial charge >= 0.3 is 0 Å². The Morgan fingerprint density at radius 2 is 2.24 bits per heavy atom. The van der Waals surface area contributed by atoms with E-state index in [1.54, 1.807) is 6.92 Å². The number of carbonyl (C=O) groups excluding carboxylic acids is 1. The third-order valence-corrected chi connectivity index (χ3v) is 2.21. The summed E-state index contributed by atoms with van der Waals surface area (Å²) in [4.78, 5) is 21.8. The van der Waals surface area contributed by atoms with Gasteiger partial charge in [0.05, 0.1) is 11.0 Å². The van der Waals surface area contributed by atoms with Crippen LogP contribution in [-0.2, 0) is 0 Å². The summed E-state index contributed by atoms with van der Waals surface area (Å²) in [6.45, 7) is 1.74. The van der Waals surface area contributed by atoms with Gasteiger partial charge in [0.2, 0.25) is 0 Å². The molecular formula is C11H11N3O3. The van der Waals surface area contributed by atoms with Crippen LogP contribution in [0.1, 0.15) is 23.7 Å². The summed E-state index contributed by atoms with van der Waals surface area (Å²) in [7, 11) is 0. The lowest BCUT2D eigenvalue weighted by atomic mass is 10.1. The van der Waals surface area contributed by atoms with Gasteiger partial charge in [-0.2, -0.15) is 5.26 Å². The van der Waals surface area contributed by atoms with Crippen LogP contribution in [0, 0.1) is 21.4 Å². The number of rotatable bonds is 4. The van der Waals surface area contributed by atoms with Crippen LogP contribution in [0.15, 0.2) is 24.3 Å². The second-order valence-electron chi connectivity index (χ2n) is 3.34. The van der Waals surface area contributed by atoms with Gasteiger partial charge in [0.1, 0.15) is 11.6 Å². The Hall–Kier alpha value is -2.42. The van der Waals surface area contributed by atoms with Gasteiger partial charge in [0, 0.05) is 6.07 Å². The predicted octanol–water partition coefficient (Wildman–Crippen LogP) is 1.63. The molecule has 0 aliphatic heterocycles. The van der Waals surface area contributed by atoms with Gasteiger partial charge in [-0.1, -0.05) is 19.1 Å². The van der Waals surface area contributed by atoms with Gasteiger partial charge in [-0.15, -0.1) is 0 Å². The van der Waals surface area contributed by atoms with Crippen molar-refractivity contribution in [1.82, 2.24) is 5.32 Å². The van der Waals surface area contributed by atoms with Crippen LogP contribution in [0.5, 0.6) is 0 Å². The fourth-order valence-electron chi connectivity index (χ4n) is 1.29. The van der Waals surface area contributed by atoms with E-state index in [9.17, 15) is 14.9 Å². The Bertz CT molecular complexity index is 479. The molecule has 1 amide bonds. The SMILES string of the molecule is CCC(C#N)NC(=O)c1ccccc1[N+](=O)[O-]. The third kappa shape index (κ3) is 3.01. The lowest BCUT2D eigenvalue weighted by Crippen LogP contribution is -2.33. The van der Waals surface area contributed by atoms with Crippen molar-refractivity contribution in [3.8, 4) is 6.07 Å². The van der Waals surface area contributed by atoms with Crippen molar-refractivity contribution in [3.63, 3.8) is 0 Å². The fourth-order valence-corrected chi connectivity index (χ4v) is 1.29. The van der Waals surface area contributed by atoms with E-state index in [0.29, 0.717) is 6.42 Å². The number of nitro benzene ring substituents is 1. The van der Waals surface area contributed by atoms with Gasteiger partial charge in [0.15, 0.2) is 0 Å². The van der Waals surface area contributed by atoms with Crippen molar-refractivity contribution < 1.29 is 9.72 Å². The number of nitriles is 1. The number of para-hydroxylation sites is 1. The summed E-state index contributed by atoms with van der Waals surface area (Å²) in [6, 6.07) is 6.89. The molecule has 1 aromatic rings. The predicted molar refractivity (Wildman–Crippen MR) is 60.3 cm³/mol. The molecule has 1 unspecified atom stereocenters. The van der Waals surface area contributed by atoms with E-state index in [4.69, 9.17) is 5.26 Å². The molecule has 88 valence electrons. The van der Waals surface area contributed by atoms with Crippen LogP contribution >= 0.6 is 0 Å². The highest BCUT2D eigenvalue weighted by atomic mass is 16.6. The molecule has 17 heavy (non-hydrogen) atoms. The van der Waals surface area contributed by atoms with Crippen LogP contribution in [-0.4, -0.2) is 16.9 Å². The molecule has 0 saturated carbocycles. The summed E-state index contributed by atoms with van der Waals surface area (Å²) in [5.41, 5.74) is -0.302. The molecular weight excluding hydrogens is 222 g/mol. The van der Waals surface area contributed by atoms with Crippen molar-refractivity contribution in [2.75, 3.05) is 0 Å². The van der Waals surface area contributed by atoms with Crippen molar-refractivity contribution in [3.05, 3.63) is 39.9 Å². The van der Waals surface area contributed by atoms with E-state index in [1.165, 1.54) is 24.3 Å². The second-order valence-corrected chi connectivity index (χ2v) is 3.34. The van der Waals surface area contributed by atoms with E-state index >= 15 is 0 Å². The average Bonchev–Trinajstić information content (AvgIpc) is 2.35. The molecule has 6 heteroatoms. The lowest BCUT2D eigenvalue weighted by molar-refractivity contribution is -0.385. The summed E-state index contributed by atoms with van der Waals surface area (Å²) in [6.07, 6.45) is 0.447. The number of amides is 1. The normalized spacial score (nSPS) is 11.3. The average molecular weight is 233 g/mol. The Morgan fingerprint density at radius 1 is 1.59 bits per heavy atom. The number of nitrogens with zero attached hydrogens (tertiary/aromatic N) is 2. The summed E-state index contributed by atoms with van der Waals surface area (Å²) in [5.74, 6) is -0.606. The number of hydrogen-bond acceptors (Lipinski definition) is 4. The molecule has 0 aliphatic carbocycles. The topological polar surface area (TPSA) is 96.0 Å². The molecule has 1 atom stereocenters. The Labute approximate surface area is 98.0 Å². The zero-order valence-corrected chi connectivity index (χ0v) is 9.21. The van der Waals surface area contributed by atoms with Crippen LogP contribution in [0.25, 0.3) is 0 Å². The van der Waals surface area contributed by atoms with Gasteiger partial charge in [0.25, 0.3) is 11.6 Å². The van der Waals surface area contributed by atoms with Crippen LogP contribution in [0.4, 0.5) is 5.69 Å². The molecule has 1 N–H and O–H groups in total. The summed E-state index contributed by atoms with van der Waals surface area (Å²) < 4.78 is 0. The first-order chi connectivity index (χ1) is 8.10. The molecule has 6 nitrogen and oxygen atoms in total. The van der Waals surface area contributed by atoms with E-state index in [1.807, 2.05) is 6.07 Å². The van der Waals surface area contributed by atoms with E-state index in [-0.39, 0.29) is 11.3 Å². The van der Waals surface area contributed by atoms with Crippen molar-refractivity contribution in [2.24, 2.45) is 0 Å². The van der Waals surface area contributed by atoms with Crippen molar-refractivity contribution in [2.45, 2.75) is 19.4 Å². The molecule has 0 bridgehead atoms. The third-order valence-electron chi connectivity index (χ3n) is 2.21. The van der Waals surface area contributed by atoms with Crippen LogP contribution in [0.3, 0.4) is 0 Å². The minimum Gasteiger partial charge on any atom is -0.336 e. The number of hydrogen-bond donors (Lipinski definition) is 1. The number of benzene rings is 1. The molecule has 0 spiro atoms. The monoisotopic (exact) mass is 233 g/mol. The Morgan fingerprint density at radius 3 is 2.76 bits per heavy atom. The molecule has 0 radical (unpaired) electrons. The van der Waals surface area contributed by atoms with Crippen LogP contribution in [0.2, 0.25) is 0 Å². The van der Waals surface area contributed by atoms with Gasteiger partial charge in [-0.25, -0.2) is 0 Å². The van der Waals surface area contributed by atoms with Crippen molar-refractivity contribution in [1.29, 1.82) is 5.26 Å². The van der Waals surface area contributed by atoms with Crippen LogP contribution < -0.4 is 5.32 Å². The minimum absolute atomic E-state index is 0.0359. The molecule has 1 aromatic carbocycles. The fraction of sp³-hybridized carbons (Fsp3) is 0.273. The number of nitrogens with one attached hydrogen (secondary N) is 1. The highest BCUT2D eigenvalue weighted by Gasteiger charge is 2.20. The van der Waals surface area contributed by atoms with Gasteiger partial charge < -0.3 is 5.32 Å². The molecule has 0 aromatic heterocycles.